The quantitative estimate of drug-likeness (QED) is 0.660. The SMILES string of the molecule is N#Cc1cc2cnc(Nc3ccc(N4CCC5(CC5)C4)cc3)nc2n(C2CCCC2)c1=O. The molecular formula is C25H26N6O. The summed E-state index contributed by atoms with van der Waals surface area (Å²) in [5.41, 5.74) is 3.28. The van der Waals surface area contributed by atoms with E-state index in [1.807, 2.05) is 6.07 Å². The summed E-state index contributed by atoms with van der Waals surface area (Å²) in [6, 6.07) is 12.1. The van der Waals surface area contributed by atoms with Gasteiger partial charge in [0.15, 0.2) is 0 Å². The summed E-state index contributed by atoms with van der Waals surface area (Å²) in [6.07, 6.45) is 9.84. The predicted molar refractivity (Wildman–Crippen MR) is 124 cm³/mol. The van der Waals surface area contributed by atoms with Crippen molar-refractivity contribution >= 4 is 28.4 Å². The first-order valence-corrected chi connectivity index (χ1v) is 11.6. The molecule has 2 aliphatic carbocycles. The predicted octanol–water partition coefficient (Wildman–Crippen LogP) is 4.51. The van der Waals surface area contributed by atoms with Gasteiger partial charge in [-0.05, 0) is 67.9 Å². The second kappa shape index (κ2) is 7.33. The van der Waals surface area contributed by atoms with Crippen LogP contribution in [-0.4, -0.2) is 27.6 Å². The molecule has 1 spiro atoms. The van der Waals surface area contributed by atoms with Gasteiger partial charge in [-0.25, -0.2) is 4.98 Å². The molecule has 0 radical (unpaired) electrons. The van der Waals surface area contributed by atoms with Gasteiger partial charge in [-0.15, -0.1) is 0 Å². The van der Waals surface area contributed by atoms with Crippen molar-refractivity contribution in [3.63, 3.8) is 0 Å². The van der Waals surface area contributed by atoms with E-state index < -0.39 is 0 Å². The molecule has 162 valence electrons. The first-order chi connectivity index (χ1) is 15.6. The maximum Gasteiger partial charge on any atom is 0.270 e. The standard InChI is InChI=1S/C25H26N6O/c26-14-17-13-18-15-27-24(29-22(18)31(23(17)32)21-3-1-2-4-21)28-19-5-7-20(8-6-19)30-12-11-25(16-30)9-10-25/h5-8,13,15,21H,1-4,9-12,16H2,(H,27,28,29). The minimum absolute atomic E-state index is 0.0931. The molecule has 3 heterocycles. The van der Waals surface area contributed by atoms with Crippen LogP contribution in [-0.2, 0) is 0 Å². The molecular weight excluding hydrogens is 400 g/mol. The number of benzene rings is 1. The molecule has 3 aromatic rings. The Morgan fingerprint density at radius 3 is 2.59 bits per heavy atom. The highest BCUT2D eigenvalue weighted by molar-refractivity contribution is 5.77. The van der Waals surface area contributed by atoms with Crippen LogP contribution < -0.4 is 15.8 Å². The fourth-order valence-electron chi connectivity index (χ4n) is 5.39. The van der Waals surface area contributed by atoms with Gasteiger partial charge in [0.1, 0.15) is 17.3 Å². The second-order valence-corrected chi connectivity index (χ2v) is 9.60. The van der Waals surface area contributed by atoms with Gasteiger partial charge in [0.25, 0.3) is 5.56 Å². The summed E-state index contributed by atoms with van der Waals surface area (Å²) in [5, 5.41) is 13.4. The third-order valence-corrected chi connectivity index (χ3v) is 7.47. The van der Waals surface area contributed by atoms with Crippen molar-refractivity contribution in [3.8, 4) is 6.07 Å². The minimum Gasteiger partial charge on any atom is -0.371 e. The Hall–Kier alpha value is -3.40. The minimum atomic E-state index is -0.250. The van der Waals surface area contributed by atoms with Crippen molar-refractivity contribution in [1.29, 1.82) is 5.26 Å². The fraction of sp³-hybridized carbons (Fsp3) is 0.440. The zero-order valence-corrected chi connectivity index (χ0v) is 18.0. The Bertz CT molecular complexity index is 1280. The average Bonchev–Trinajstić information content (AvgIpc) is 3.18. The van der Waals surface area contributed by atoms with Crippen LogP contribution >= 0.6 is 0 Å². The molecule has 3 aliphatic rings. The molecule has 7 heteroatoms. The van der Waals surface area contributed by atoms with Gasteiger partial charge in [0.2, 0.25) is 5.95 Å². The van der Waals surface area contributed by atoms with E-state index in [1.165, 1.54) is 31.5 Å². The van der Waals surface area contributed by atoms with Crippen molar-refractivity contribution in [3.05, 3.63) is 52.4 Å². The van der Waals surface area contributed by atoms with Crippen LogP contribution in [0.3, 0.4) is 0 Å². The topological polar surface area (TPSA) is 86.8 Å². The van der Waals surface area contributed by atoms with Crippen LogP contribution in [0.4, 0.5) is 17.3 Å². The molecule has 0 atom stereocenters. The van der Waals surface area contributed by atoms with E-state index in [1.54, 1.807) is 16.8 Å². The van der Waals surface area contributed by atoms with Gasteiger partial charge in [0, 0.05) is 42.1 Å². The van der Waals surface area contributed by atoms with E-state index in [0.29, 0.717) is 17.0 Å². The van der Waals surface area contributed by atoms with Crippen LogP contribution in [0.5, 0.6) is 0 Å². The zero-order chi connectivity index (χ0) is 21.7. The van der Waals surface area contributed by atoms with E-state index in [4.69, 9.17) is 4.98 Å². The highest BCUT2D eigenvalue weighted by atomic mass is 16.1. The van der Waals surface area contributed by atoms with Crippen molar-refractivity contribution in [2.45, 2.75) is 51.0 Å². The molecule has 0 amide bonds. The zero-order valence-electron chi connectivity index (χ0n) is 18.0. The van der Waals surface area contributed by atoms with Crippen LogP contribution in [0.2, 0.25) is 0 Å². The van der Waals surface area contributed by atoms with Crippen LogP contribution in [0.25, 0.3) is 11.0 Å². The van der Waals surface area contributed by atoms with E-state index in [2.05, 4.69) is 39.5 Å². The van der Waals surface area contributed by atoms with Crippen molar-refractivity contribution in [2.24, 2.45) is 5.41 Å². The highest BCUT2D eigenvalue weighted by Gasteiger charge is 2.47. The van der Waals surface area contributed by atoms with Gasteiger partial charge in [0.05, 0.1) is 0 Å². The second-order valence-electron chi connectivity index (χ2n) is 9.60. The number of nitrogens with zero attached hydrogens (tertiary/aromatic N) is 5. The fourth-order valence-corrected chi connectivity index (χ4v) is 5.39. The molecule has 6 rings (SSSR count). The number of nitrogens with one attached hydrogen (secondary N) is 1. The normalized spacial score (nSPS) is 19.5. The molecule has 1 aliphatic heterocycles. The van der Waals surface area contributed by atoms with Gasteiger partial charge < -0.3 is 10.2 Å². The van der Waals surface area contributed by atoms with Crippen LogP contribution in [0.15, 0.2) is 41.3 Å². The number of fused-ring (bicyclic) bond motifs is 1. The molecule has 0 bridgehead atoms. The molecule has 3 fully saturated rings. The van der Waals surface area contributed by atoms with Crippen molar-refractivity contribution in [2.75, 3.05) is 23.3 Å². The van der Waals surface area contributed by atoms with E-state index in [-0.39, 0.29) is 17.2 Å². The molecule has 1 aromatic carbocycles. The number of rotatable bonds is 4. The number of hydrogen-bond donors (Lipinski definition) is 1. The number of anilines is 3. The first kappa shape index (κ1) is 19.3. The third-order valence-electron chi connectivity index (χ3n) is 7.47. The number of nitriles is 1. The summed E-state index contributed by atoms with van der Waals surface area (Å²) in [7, 11) is 0. The molecule has 32 heavy (non-hydrogen) atoms. The summed E-state index contributed by atoms with van der Waals surface area (Å²) in [4.78, 5) is 24.6. The molecule has 1 N–H and O–H groups in total. The van der Waals surface area contributed by atoms with Gasteiger partial charge in [-0.1, -0.05) is 12.8 Å². The smallest absolute Gasteiger partial charge is 0.270 e. The Labute approximate surface area is 186 Å². The lowest BCUT2D eigenvalue weighted by Crippen LogP contribution is -2.26. The lowest BCUT2D eigenvalue weighted by atomic mass is 10.1. The van der Waals surface area contributed by atoms with Gasteiger partial charge in [-0.2, -0.15) is 10.2 Å². The van der Waals surface area contributed by atoms with Crippen molar-refractivity contribution < 1.29 is 0 Å². The summed E-state index contributed by atoms with van der Waals surface area (Å²) < 4.78 is 1.72. The van der Waals surface area contributed by atoms with Crippen LogP contribution in [0.1, 0.15) is 56.6 Å². The summed E-state index contributed by atoms with van der Waals surface area (Å²) >= 11 is 0. The Kier molecular flexibility index (Phi) is 4.42. The third kappa shape index (κ3) is 3.31. The van der Waals surface area contributed by atoms with Crippen molar-refractivity contribution in [1.82, 2.24) is 14.5 Å². The molecule has 7 nitrogen and oxygen atoms in total. The lowest BCUT2D eigenvalue weighted by Gasteiger charge is -2.19. The van der Waals surface area contributed by atoms with Gasteiger partial charge >= 0.3 is 0 Å². The maximum atomic E-state index is 12.9. The first-order valence-electron chi connectivity index (χ1n) is 11.6. The number of pyridine rings is 1. The highest BCUT2D eigenvalue weighted by Crippen LogP contribution is 2.53. The Balaban J connectivity index is 1.29. The summed E-state index contributed by atoms with van der Waals surface area (Å²) in [5.74, 6) is 0.458. The van der Waals surface area contributed by atoms with Crippen LogP contribution in [0, 0.1) is 16.7 Å². The van der Waals surface area contributed by atoms with E-state index in [9.17, 15) is 10.1 Å². The maximum absolute atomic E-state index is 12.9. The summed E-state index contributed by atoms with van der Waals surface area (Å²) in [6.45, 7) is 2.32. The largest absolute Gasteiger partial charge is 0.371 e. The molecule has 0 unspecified atom stereocenters. The van der Waals surface area contributed by atoms with Gasteiger partial charge in [-0.3, -0.25) is 9.36 Å². The molecule has 1 saturated heterocycles. The lowest BCUT2D eigenvalue weighted by molar-refractivity contribution is 0.515. The Morgan fingerprint density at radius 2 is 1.91 bits per heavy atom. The van der Waals surface area contributed by atoms with E-state index >= 15 is 0 Å². The van der Waals surface area contributed by atoms with E-state index in [0.717, 1.165) is 43.3 Å². The monoisotopic (exact) mass is 426 g/mol. The average molecular weight is 427 g/mol. The molecule has 2 saturated carbocycles. The Morgan fingerprint density at radius 1 is 1.12 bits per heavy atom. The number of aromatic nitrogens is 3. The number of hydrogen-bond acceptors (Lipinski definition) is 6. The molecule has 2 aromatic heterocycles.